The van der Waals surface area contributed by atoms with Crippen molar-refractivity contribution < 1.29 is 5.12 Å². The van der Waals surface area contributed by atoms with Crippen LogP contribution in [0.15, 0.2) is 42.1 Å². The van der Waals surface area contributed by atoms with Crippen LogP contribution in [-0.4, -0.2) is 0 Å². The van der Waals surface area contributed by atoms with Gasteiger partial charge in [0, 0.05) is 11.6 Å². The first kappa shape index (κ1) is 8.71. The molecule has 0 aromatic heterocycles. The highest BCUT2D eigenvalue weighted by Gasteiger charge is 2.22. The summed E-state index contributed by atoms with van der Waals surface area (Å²) in [4.78, 5) is 0. The van der Waals surface area contributed by atoms with Crippen molar-refractivity contribution in [3.8, 4) is 0 Å². The lowest BCUT2D eigenvalue weighted by Gasteiger charge is -2.26. The molecule has 15 heavy (non-hydrogen) atoms. The van der Waals surface area contributed by atoms with E-state index in [1.54, 1.807) is 0 Å². The van der Waals surface area contributed by atoms with E-state index in [1.165, 1.54) is 22.4 Å². The maximum Gasteiger partial charge on any atom is 0.139 e. The summed E-state index contributed by atoms with van der Waals surface area (Å²) in [5, 5.41) is 0.727. The maximum atomic E-state index is 5.78. The molecule has 1 aliphatic heterocycles. The van der Waals surface area contributed by atoms with Gasteiger partial charge in [0.2, 0.25) is 0 Å². The number of nitrogens with two attached hydrogens (primary N) is 1. The first-order valence-electron chi connectivity index (χ1n) is 5.23. The number of nitrogens with one attached hydrogen (secondary N) is 2. The predicted octanol–water partition coefficient (Wildman–Crippen LogP) is 0.134. The molecule has 0 radical (unpaired) electrons. The molecule has 2 aliphatic rings. The summed E-state index contributed by atoms with van der Waals surface area (Å²) in [6.07, 6.45) is 6.29. The summed E-state index contributed by atoms with van der Waals surface area (Å²) in [6, 6.07) is 8.51. The summed E-state index contributed by atoms with van der Waals surface area (Å²) < 4.78 is 0. The minimum atomic E-state index is 0.727. The van der Waals surface area contributed by atoms with Gasteiger partial charge in [0.25, 0.3) is 0 Å². The fourth-order valence-electron chi connectivity index (χ4n) is 2.24. The number of allylic oxidation sites excluding steroid dienone is 2. The average molecular weight is 200 g/mol. The highest BCUT2D eigenvalue weighted by molar-refractivity contribution is 5.73. The Hall–Kier alpha value is -1.58. The Labute approximate surface area is 88.8 Å². The molecule has 0 fully saturated rings. The van der Waals surface area contributed by atoms with E-state index in [0.29, 0.717) is 0 Å². The molecule has 1 aliphatic carbocycles. The lowest BCUT2D eigenvalue weighted by atomic mass is 9.89. The molecule has 1 atom stereocenters. The number of hydrogen-bond donors (Lipinski definition) is 3. The normalized spacial score (nSPS) is 23.1. The van der Waals surface area contributed by atoms with Crippen LogP contribution in [0.3, 0.4) is 0 Å². The lowest BCUT2D eigenvalue weighted by Crippen LogP contribution is -3.19. The number of rotatable bonds is 0. The van der Waals surface area contributed by atoms with Gasteiger partial charge < -0.3 is 0 Å². The van der Waals surface area contributed by atoms with Crippen LogP contribution in [-0.2, 0) is 6.42 Å². The Kier molecular flexibility index (Phi) is 1.87. The van der Waals surface area contributed by atoms with Crippen molar-refractivity contribution in [2.45, 2.75) is 12.8 Å². The second-order valence-corrected chi connectivity index (χ2v) is 3.97. The van der Waals surface area contributed by atoms with Gasteiger partial charge in [-0.1, -0.05) is 24.3 Å². The molecule has 3 rings (SSSR count). The maximum absolute atomic E-state index is 5.78. The lowest BCUT2D eigenvalue weighted by molar-refractivity contribution is -0.899. The quantitative estimate of drug-likeness (QED) is 0.521. The molecule has 3 heteroatoms. The van der Waals surface area contributed by atoms with Gasteiger partial charge in [-0.2, -0.15) is 5.84 Å². The molecule has 0 bridgehead atoms. The summed E-state index contributed by atoms with van der Waals surface area (Å²) in [7, 11) is 0. The molecule has 0 saturated heterocycles. The highest BCUT2D eigenvalue weighted by Crippen LogP contribution is 2.29. The van der Waals surface area contributed by atoms with Crippen molar-refractivity contribution in [1.82, 2.24) is 5.43 Å². The summed E-state index contributed by atoms with van der Waals surface area (Å²) in [5.41, 5.74) is 8.52. The largest absolute Gasteiger partial charge is 0.214 e. The van der Waals surface area contributed by atoms with E-state index in [1.807, 2.05) is 6.20 Å². The standard InChI is InChI=1S/C12H13N3/c13-15-8-7-10-6-5-9-3-1-2-4-11(9)12(10)14-15/h1-4,7-8,14H,5-6,13H2/p+1. The predicted molar refractivity (Wildman–Crippen MR) is 59.1 cm³/mol. The fraction of sp³-hybridized carbons (Fsp3) is 0.167. The third kappa shape index (κ3) is 1.37. The van der Waals surface area contributed by atoms with Crippen LogP contribution >= 0.6 is 0 Å². The van der Waals surface area contributed by atoms with E-state index < -0.39 is 0 Å². The van der Waals surface area contributed by atoms with Crippen molar-refractivity contribution in [1.29, 1.82) is 0 Å². The van der Waals surface area contributed by atoms with Crippen LogP contribution in [0.25, 0.3) is 5.70 Å². The van der Waals surface area contributed by atoms with Crippen molar-refractivity contribution in [3.63, 3.8) is 0 Å². The van der Waals surface area contributed by atoms with E-state index >= 15 is 0 Å². The molecule has 0 amide bonds. The van der Waals surface area contributed by atoms with Crippen LogP contribution in [0.5, 0.6) is 0 Å². The van der Waals surface area contributed by atoms with Gasteiger partial charge in [-0.25, -0.2) is 5.43 Å². The van der Waals surface area contributed by atoms with Gasteiger partial charge in [0.15, 0.2) is 0 Å². The van der Waals surface area contributed by atoms with Gasteiger partial charge in [0.1, 0.15) is 6.20 Å². The van der Waals surface area contributed by atoms with Gasteiger partial charge >= 0.3 is 0 Å². The SMILES string of the molecule is N[NH+]1C=CC2=C(N1)c1ccccc1CC2. The number of quaternary nitrogens is 1. The fourth-order valence-corrected chi connectivity index (χ4v) is 2.24. The van der Waals surface area contributed by atoms with E-state index in [-0.39, 0.29) is 0 Å². The van der Waals surface area contributed by atoms with Gasteiger partial charge in [-0.3, -0.25) is 0 Å². The molecule has 1 heterocycles. The van der Waals surface area contributed by atoms with Crippen molar-refractivity contribution in [3.05, 3.63) is 53.2 Å². The minimum Gasteiger partial charge on any atom is -0.214 e. The van der Waals surface area contributed by atoms with Crippen LogP contribution in [0.4, 0.5) is 0 Å². The van der Waals surface area contributed by atoms with Crippen LogP contribution < -0.4 is 16.4 Å². The third-order valence-electron chi connectivity index (χ3n) is 3.00. The smallest absolute Gasteiger partial charge is 0.139 e. The minimum absolute atomic E-state index is 0.727. The number of aryl methyl sites for hydroxylation is 1. The molecule has 76 valence electrons. The topological polar surface area (TPSA) is 42.5 Å². The van der Waals surface area contributed by atoms with E-state index in [2.05, 4.69) is 35.8 Å². The summed E-state index contributed by atoms with van der Waals surface area (Å²) >= 11 is 0. The second kappa shape index (κ2) is 3.22. The first-order valence-corrected chi connectivity index (χ1v) is 5.23. The molecule has 4 N–H and O–H groups in total. The Balaban J connectivity index is 2.14. The molecular formula is C12H14N3+. The molecule has 3 nitrogen and oxygen atoms in total. The second-order valence-electron chi connectivity index (χ2n) is 3.97. The number of benzene rings is 1. The Morgan fingerprint density at radius 3 is 3.00 bits per heavy atom. The van der Waals surface area contributed by atoms with E-state index in [4.69, 9.17) is 5.84 Å². The zero-order valence-corrected chi connectivity index (χ0v) is 8.46. The monoisotopic (exact) mass is 200 g/mol. The van der Waals surface area contributed by atoms with Gasteiger partial charge in [-0.15, -0.1) is 5.12 Å². The van der Waals surface area contributed by atoms with Crippen molar-refractivity contribution >= 4 is 5.70 Å². The first-order chi connectivity index (χ1) is 7.34. The molecular weight excluding hydrogens is 186 g/mol. The third-order valence-corrected chi connectivity index (χ3v) is 3.00. The van der Waals surface area contributed by atoms with Crippen molar-refractivity contribution in [2.24, 2.45) is 5.84 Å². The van der Waals surface area contributed by atoms with Crippen LogP contribution in [0.2, 0.25) is 0 Å². The van der Waals surface area contributed by atoms with E-state index in [9.17, 15) is 0 Å². The average Bonchev–Trinajstić information content (AvgIpc) is 2.29. The van der Waals surface area contributed by atoms with Gasteiger partial charge in [0.05, 0.1) is 5.70 Å². The summed E-state index contributed by atoms with van der Waals surface area (Å²) in [6.45, 7) is 0. The Bertz CT molecular complexity index is 460. The number of fused-ring (bicyclic) bond motifs is 2. The number of hydrogen-bond acceptors (Lipinski definition) is 2. The highest BCUT2D eigenvalue weighted by atomic mass is 15.7. The Morgan fingerprint density at radius 1 is 1.20 bits per heavy atom. The van der Waals surface area contributed by atoms with Gasteiger partial charge in [-0.05, 0) is 24.0 Å². The zero-order chi connectivity index (χ0) is 10.3. The van der Waals surface area contributed by atoms with Crippen LogP contribution in [0, 0.1) is 0 Å². The molecule has 0 saturated carbocycles. The zero-order valence-electron chi connectivity index (χ0n) is 8.46. The van der Waals surface area contributed by atoms with E-state index in [0.717, 1.165) is 18.0 Å². The molecule has 0 spiro atoms. The summed E-state index contributed by atoms with van der Waals surface area (Å²) in [5.74, 6) is 5.78. The molecule has 1 unspecified atom stereocenters. The molecule has 1 aromatic rings. The molecule has 1 aromatic carbocycles. The van der Waals surface area contributed by atoms with Crippen molar-refractivity contribution in [2.75, 3.05) is 0 Å². The van der Waals surface area contributed by atoms with Crippen LogP contribution in [0.1, 0.15) is 17.5 Å². The Morgan fingerprint density at radius 2 is 2.07 bits per heavy atom.